The van der Waals surface area contributed by atoms with Gasteiger partial charge in [-0.3, -0.25) is 9.59 Å². The van der Waals surface area contributed by atoms with Crippen molar-refractivity contribution in [1.29, 1.82) is 0 Å². The summed E-state index contributed by atoms with van der Waals surface area (Å²) >= 11 is 0. The van der Waals surface area contributed by atoms with Crippen molar-refractivity contribution in [2.45, 2.75) is 27.7 Å². The van der Waals surface area contributed by atoms with E-state index in [9.17, 15) is 9.59 Å². The molecule has 4 nitrogen and oxygen atoms in total. The molecular weight excluding hydrogens is 184 g/mol. The van der Waals surface area contributed by atoms with Gasteiger partial charge in [0.1, 0.15) is 0 Å². The van der Waals surface area contributed by atoms with Crippen LogP contribution in [0.4, 0.5) is 0 Å². The molecule has 2 atom stereocenters. The molecule has 0 aliphatic rings. The third kappa shape index (κ3) is 3.77. The monoisotopic (exact) mass is 202 g/mol. The Morgan fingerprint density at radius 2 is 1.21 bits per heavy atom. The maximum absolute atomic E-state index is 11.3. The molecule has 0 amide bonds. The van der Waals surface area contributed by atoms with Gasteiger partial charge in [-0.25, -0.2) is 0 Å². The Morgan fingerprint density at radius 3 is 1.43 bits per heavy atom. The van der Waals surface area contributed by atoms with Crippen molar-refractivity contribution in [3.05, 3.63) is 0 Å². The zero-order valence-electron chi connectivity index (χ0n) is 9.20. The largest absolute Gasteiger partial charge is 0.466 e. The van der Waals surface area contributed by atoms with Crippen LogP contribution in [0.2, 0.25) is 0 Å². The van der Waals surface area contributed by atoms with Crippen LogP contribution in [0.3, 0.4) is 0 Å². The Morgan fingerprint density at radius 1 is 0.929 bits per heavy atom. The molecule has 0 aromatic carbocycles. The van der Waals surface area contributed by atoms with Gasteiger partial charge in [0, 0.05) is 0 Å². The minimum Gasteiger partial charge on any atom is -0.466 e. The average Bonchev–Trinajstić information content (AvgIpc) is 2.16. The van der Waals surface area contributed by atoms with Crippen LogP contribution in [-0.2, 0) is 19.1 Å². The van der Waals surface area contributed by atoms with Crippen molar-refractivity contribution < 1.29 is 19.1 Å². The molecule has 0 saturated carbocycles. The standard InChI is InChI=1S/C10H18O4/c1-5-13-9(11)7(3)8(4)10(12)14-6-2/h7-8H,5-6H2,1-4H3/t7-,8-/m1/s1. The summed E-state index contributed by atoms with van der Waals surface area (Å²) in [4.78, 5) is 22.5. The SMILES string of the molecule is CCOC(=O)[C@H](C)[C@@H](C)C(=O)OCC. The van der Waals surface area contributed by atoms with E-state index in [1.54, 1.807) is 27.7 Å². The molecule has 0 aromatic heterocycles. The van der Waals surface area contributed by atoms with Crippen LogP contribution in [-0.4, -0.2) is 25.2 Å². The Balaban J connectivity index is 4.16. The minimum atomic E-state index is -0.450. The van der Waals surface area contributed by atoms with E-state index in [0.717, 1.165) is 0 Å². The molecule has 0 aliphatic carbocycles. The zero-order chi connectivity index (χ0) is 11.1. The van der Waals surface area contributed by atoms with E-state index < -0.39 is 11.8 Å². The van der Waals surface area contributed by atoms with Crippen LogP contribution in [0.15, 0.2) is 0 Å². The van der Waals surface area contributed by atoms with Crippen molar-refractivity contribution in [3.63, 3.8) is 0 Å². The van der Waals surface area contributed by atoms with Crippen molar-refractivity contribution in [2.75, 3.05) is 13.2 Å². The highest BCUT2D eigenvalue weighted by Crippen LogP contribution is 2.14. The number of carbonyl (C=O) groups is 2. The van der Waals surface area contributed by atoms with Gasteiger partial charge in [0.25, 0.3) is 0 Å². The molecule has 0 aliphatic heterocycles. The second-order valence-corrected chi connectivity index (χ2v) is 3.08. The highest BCUT2D eigenvalue weighted by atomic mass is 16.5. The highest BCUT2D eigenvalue weighted by molar-refractivity contribution is 5.81. The predicted octanol–water partition coefficient (Wildman–Crippen LogP) is 1.38. The van der Waals surface area contributed by atoms with Crippen molar-refractivity contribution in [3.8, 4) is 0 Å². The molecule has 0 rings (SSSR count). The Labute approximate surface area is 84.6 Å². The first kappa shape index (κ1) is 12.9. The maximum atomic E-state index is 11.3. The number of rotatable bonds is 5. The molecule has 0 bridgehead atoms. The number of hydrogen-bond acceptors (Lipinski definition) is 4. The zero-order valence-corrected chi connectivity index (χ0v) is 9.20. The molecule has 4 heteroatoms. The minimum absolute atomic E-state index is 0.332. The van der Waals surface area contributed by atoms with E-state index in [1.165, 1.54) is 0 Å². The van der Waals surface area contributed by atoms with Gasteiger partial charge in [0.05, 0.1) is 25.0 Å². The summed E-state index contributed by atoms with van der Waals surface area (Å²) in [5.41, 5.74) is 0. The average molecular weight is 202 g/mol. The number of carbonyl (C=O) groups excluding carboxylic acids is 2. The Hall–Kier alpha value is -1.06. The molecule has 0 saturated heterocycles. The molecule has 0 fully saturated rings. The fraction of sp³-hybridized carbons (Fsp3) is 0.800. The molecule has 14 heavy (non-hydrogen) atoms. The fourth-order valence-corrected chi connectivity index (χ4v) is 0.956. The second-order valence-electron chi connectivity index (χ2n) is 3.08. The molecule has 0 heterocycles. The third-order valence-corrected chi connectivity index (χ3v) is 2.07. The van der Waals surface area contributed by atoms with E-state index in [0.29, 0.717) is 13.2 Å². The Bertz CT molecular complexity index is 178. The predicted molar refractivity (Wildman–Crippen MR) is 51.6 cm³/mol. The van der Waals surface area contributed by atoms with Crippen molar-refractivity contribution in [2.24, 2.45) is 11.8 Å². The first-order valence-electron chi connectivity index (χ1n) is 4.87. The summed E-state index contributed by atoms with van der Waals surface area (Å²) in [5.74, 6) is -1.61. The van der Waals surface area contributed by atoms with Crippen LogP contribution in [0.1, 0.15) is 27.7 Å². The van der Waals surface area contributed by atoms with E-state index in [-0.39, 0.29) is 11.9 Å². The topological polar surface area (TPSA) is 52.6 Å². The molecule has 0 spiro atoms. The molecular formula is C10H18O4. The summed E-state index contributed by atoms with van der Waals surface area (Å²) in [6.45, 7) is 7.47. The lowest BCUT2D eigenvalue weighted by molar-refractivity contribution is -0.158. The van der Waals surface area contributed by atoms with Gasteiger partial charge < -0.3 is 9.47 Å². The lowest BCUT2D eigenvalue weighted by Crippen LogP contribution is -2.28. The van der Waals surface area contributed by atoms with Crippen LogP contribution < -0.4 is 0 Å². The van der Waals surface area contributed by atoms with E-state index in [1.807, 2.05) is 0 Å². The third-order valence-electron chi connectivity index (χ3n) is 2.07. The van der Waals surface area contributed by atoms with Crippen LogP contribution in [0.25, 0.3) is 0 Å². The van der Waals surface area contributed by atoms with E-state index in [2.05, 4.69) is 0 Å². The summed E-state index contributed by atoms with van der Waals surface area (Å²) in [6.07, 6.45) is 0. The summed E-state index contributed by atoms with van der Waals surface area (Å²) in [7, 11) is 0. The quantitative estimate of drug-likeness (QED) is 0.632. The maximum Gasteiger partial charge on any atom is 0.309 e. The van der Waals surface area contributed by atoms with Gasteiger partial charge in [-0.2, -0.15) is 0 Å². The molecule has 0 aromatic rings. The number of esters is 2. The van der Waals surface area contributed by atoms with Gasteiger partial charge in [0.2, 0.25) is 0 Å². The smallest absolute Gasteiger partial charge is 0.309 e. The highest BCUT2D eigenvalue weighted by Gasteiger charge is 2.27. The Kier molecular flexibility index (Phi) is 5.92. The number of hydrogen-bond donors (Lipinski definition) is 0. The van der Waals surface area contributed by atoms with E-state index in [4.69, 9.17) is 9.47 Å². The summed E-state index contributed by atoms with van der Waals surface area (Å²) in [5, 5.41) is 0. The molecule has 0 radical (unpaired) electrons. The van der Waals surface area contributed by atoms with E-state index >= 15 is 0 Å². The van der Waals surface area contributed by atoms with Crippen LogP contribution >= 0.6 is 0 Å². The summed E-state index contributed by atoms with van der Waals surface area (Å²) in [6, 6.07) is 0. The van der Waals surface area contributed by atoms with Gasteiger partial charge in [0.15, 0.2) is 0 Å². The molecule has 0 N–H and O–H groups in total. The summed E-state index contributed by atoms with van der Waals surface area (Å²) < 4.78 is 9.61. The molecule has 82 valence electrons. The van der Waals surface area contributed by atoms with Gasteiger partial charge in [-0.15, -0.1) is 0 Å². The first-order valence-corrected chi connectivity index (χ1v) is 4.87. The lowest BCUT2D eigenvalue weighted by atomic mass is 9.96. The fourth-order valence-electron chi connectivity index (χ4n) is 0.956. The molecule has 0 unspecified atom stereocenters. The van der Waals surface area contributed by atoms with Crippen molar-refractivity contribution in [1.82, 2.24) is 0 Å². The second kappa shape index (κ2) is 6.40. The van der Waals surface area contributed by atoms with Gasteiger partial charge in [-0.05, 0) is 13.8 Å². The van der Waals surface area contributed by atoms with Crippen LogP contribution in [0.5, 0.6) is 0 Å². The van der Waals surface area contributed by atoms with Gasteiger partial charge >= 0.3 is 11.9 Å². The first-order chi connectivity index (χ1) is 6.54. The normalized spacial score (nSPS) is 14.3. The lowest BCUT2D eigenvalue weighted by Gasteiger charge is -2.16. The number of ether oxygens (including phenoxy) is 2. The van der Waals surface area contributed by atoms with Gasteiger partial charge in [-0.1, -0.05) is 13.8 Å². The van der Waals surface area contributed by atoms with Crippen molar-refractivity contribution >= 4 is 11.9 Å². The van der Waals surface area contributed by atoms with Crippen LogP contribution in [0, 0.1) is 11.8 Å².